The van der Waals surface area contributed by atoms with Crippen LogP contribution in [-0.2, 0) is 4.74 Å². The zero-order valence-electron chi connectivity index (χ0n) is 17.9. The van der Waals surface area contributed by atoms with Crippen molar-refractivity contribution in [2.45, 2.75) is 12.8 Å². The summed E-state index contributed by atoms with van der Waals surface area (Å²) in [6, 6.07) is 5.49. The number of nitrogens with zero attached hydrogens (tertiary/aromatic N) is 3. The van der Waals surface area contributed by atoms with Crippen molar-refractivity contribution in [3.8, 4) is 29.2 Å². The molecule has 11 nitrogen and oxygen atoms in total. The quantitative estimate of drug-likeness (QED) is 0.725. The van der Waals surface area contributed by atoms with Crippen molar-refractivity contribution in [2.24, 2.45) is 5.73 Å². The van der Waals surface area contributed by atoms with Crippen molar-refractivity contribution >= 4 is 6.09 Å². The molecule has 0 bridgehead atoms. The molecule has 11 heteroatoms. The van der Waals surface area contributed by atoms with Crippen molar-refractivity contribution in [1.29, 1.82) is 5.26 Å². The highest BCUT2D eigenvalue weighted by atomic mass is 16.6. The van der Waals surface area contributed by atoms with Gasteiger partial charge in [0.2, 0.25) is 17.5 Å². The lowest BCUT2D eigenvalue weighted by Gasteiger charge is -2.27. The Morgan fingerprint density at radius 1 is 1.28 bits per heavy atom. The molecular formula is C21H23N5O6. The van der Waals surface area contributed by atoms with Crippen LogP contribution in [0.2, 0.25) is 0 Å². The number of H-pyrrole nitrogens is 1. The number of allylic oxidation sites excluding steroid dienone is 1. The van der Waals surface area contributed by atoms with Crippen LogP contribution in [0.5, 0.6) is 23.1 Å². The lowest BCUT2D eigenvalue weighted by atomic mass is 9.84. The van der Waals surface area contributed by atoms with Crippen LogP contribution in [0, 0.1) is 18.3 Å². The van der Waals surface area contributed by atoms with E-state index in [4.69, 9.17) is 29.4 Å². The van der Waals surface area contributed by atoms with E-state index < -0.39 is 12.0 Å². The zero-order chi connectivity index (χ0) is 22.8. The second-order valence-electron chi connectivity index (χ2n) is 7.21. The van der Waals surface area contributed by atoms with Gasteiger partial charge in [-0.25, -0.2) is 4.79 Å². The number of carbonyl (C=O) groups is 1. The molecule has 0 aliphatic carbocycles. The van der Waals surface area contributed by atoms with Gasteiger partial charge in [-0.15, -0.1) is 5.10 Å². The van der Waals surface area contributed by atoms with Crippen molar-refractivity contribution in [1.82, 2.24) is 15.1 Å². The van der Waals surface area contributed by atoms with E-state index in [1.54, 1.807) is 17.0 Å². The Balaban J connectivity index is 1.77. The molecule has 1 aromatic carbocycles. The third kappa shape index (κ3) is 3.65. The summed E-state index contributed by atoms with van der Waals surface area (Å²) in [7, 11) is 2.91. The Bertz CT molecular complexity index is 1090. The Kier molecular flexibility index (Phi) is 5.79. The highest BCUT2D eigenvalue weighted by molar-refractivity contribution is 5.74. The second kappa shape index (κ2) is 8.68. The van der Waals surface area contributed by atoms with Crippen LogP contribution >= 0.6 is 0 Å². The van der Waals surface area contributed by atoms with E-state index in [9.17, 15) is 10.1 Å². The Morgan fingerprint density at radius 3 is 2.53 bits per heavy atom. The number of aromatic amines is 1. The van der Waals surface area contributed by atoms with Gasteiger partial charge < -0.3 is 34.3 Å². The van der Waals surface area contributed by atoms with Gasteiger partial charge in [0.25, 0.3) is 0 Å². The number of nitriles is 1. The van der Waals surface area contributed by atoms with E-state index in [2.05, 4.69) is 16.3 Å². The fourth-order valence-corrected chi connectivity index (χ4v) is 3.80. The molecular weight excluding hydrogens is 418 g/mol. The molecule has 3 N–H and O–H groups in total. The number of aromatic nitrogens is 2. The number of morpholine rings is 1. The van der Waals surface area contributed by atoms with Gasteiger partial charge in [0.1, 0.15) is 11.6 Å². The van der Waals surface area contributed by atoms with Gasteiger partial charge in [-0.2, -0.15) is 5.26 Å². The Hall–Kier alpha value is -3.91. The molecule has 32 heavy (non-hydrogen) atoms. The third-order valence-corrected chi connectivity index (χ3v) is 5.40. The highest BCUT2D eigenvalue weighted by Gasteiger charge is 2.35. The number of aryl methyl sites for hydroxylation is 1. The molecule has 2 aromatic rings. The molecule has 0 saturated carbocycles. The first kappa shape index (κ1) is 21.3. The molecule has 1 fully saturated rings. The standard InChI is InChI=1S/C21H23N5O6/c1-11-16-17(13(10-22)19(23)32-20(16)25-24-11)12-8-14(28-2)18(15(9-12)29-3)31-21(27)26-4-6-30-7-5-26/h8-9,17H,4-7,23H2,1-3H3,(H,24,25)/t17-/m1/s1. The number of rotatable bonds is 4. The van der Waals surface area contributed by atoms with E-state index in [1.165, 1.54) is 14.2 Å². The average Bonchev–Trinajstić information content (AvgIpc) is 3.18. The van der Waals surface area contributed by atoms with Gasteiger partial charge in [-0.3, -0.25) is 5.10 Å². The predicted octanol–water partition coefficient (Wildman–Crippen LogP) is 1.78. The van der Waals surface area contributed by atoms with Crippen LogP contribution in [0.4, 0.5) is 4.79 Å². The molecule has 2 aliphatic rings. The first-order valence-corrected chi connectivity index (χ1v) is 9.91. The number of hydrogen-bond donors (Lipinski definition) is 2. The summed E-state index contributed by atoms with van der Waals surface area (Å²) in [5.41, 5.74) is 8.26. The molecule has 2 aliphatic heterocycles. The summed E-state index contributed by atoms with van der Waals surface area (Å²) >= 11 is 0. The maximum atomic E-state index is 12.6. The van der Waals surface area contributed by atoms with Crippen molar-refractivity contribution in [3.63, 3.8) is 0 Å². The largest absolute Gasteiger partial charge is 0.493 e. The monoisotopic (exact) mass is 441 g/mol. The Morgan fingerprint density at radius 2 is 1.94 bits per heavy atom. The predicted molar refractivity (Wildman–Crippen MR) is 111 cm³/mol. The van der Waals surface area contributed by atoms with Gasteiger partial charge in [0.05, 0.1) is 33.4 Å². The normalized spacial score (nSPS) is 17.8. The highest BCUT2D eigenvalue weighted by Crippen LogP contribution is 2.47. The number of benzene rings is 1. The third-order valence-electron chi connectivity index (χ3n) is 5.40. The van der Waals surface area contributed by atoms with Crippen LogP contribution in [0.25, 0.3) is 0 Å². The number of methoxy groups -OCH3 is 2. The van der Waals surface area contributed by atoms with E-state index in [1.807, 2.05) is 6.92 Å². The molecule has 0 radical (unpaired) electrons. The molecule has 1 aromatic heterocycles. The van der Waals surface area contributed by atoms with Gasteiger partial charge in [-0.05, 0) is 24.6 Å². The van der Waals surface area contributed by atoms with Gasteiger partial charge in [0.15, 0.2) is 11.5 Å². The number of nitrogens with one attached hydrogen (secondary N) is 1. The van der Waals surface area contributed by atoms with Crippen LogP contribution in [0.15, 0.2) is 23.6 Å². The molecule has 0 unspecified atom stereocenters. The minimum Gasteiger partial charge on any atom is -0.493 e. The van der Waals surface area contributed by atoms with Gasteiger partial charge in [-0.1, -0.05) is 0 Å². The van der Waals surface area contributed by atoms with Crippen molar-refractivity contribution in [3.05, 3.63) is 40.4 Å². The fourth-order valence-electron chi connectivity index (χ4n) is 3.80. The Labute approximate surface area is 184 Å². The summed E-state index contributed by atoms with van der Waals surface area (Å²) in [6.45, 7) is 3.58. The lowest BCUT2D eigenvalue weighted by Crippen LogP contribution is -2.42. The summed E-state index contributed by atoms with van der Waals surface area (Å²) in [4.78, 5) is 14.2. The molecule has 1 amide bonds. The summed E-state index contributed by atoms with van der Waals surface area (Å²) in [5, 5.41) is 16.8. The van der Waals surface area contributed by atoms with E-state index in [0.29, 0.717) is 43.3 Å². The molecule has 1 saturated heterocycles. The summed E-state index contributed by atoms with van der Waals surface area (Å²) in [6.07, 6.45) is -0.529. The lowest BCUT2D eigenvalue weighted by molar-refractivity contribution is 0.0411. The first-order chi connectivity index (χ1) is 15.5. The van der Waals surface area contributed by atoms with Crippen molar-refractivity contribution < 1.29 is 28.5 Å². The second-order valence-corrected chi connectivity index (χ2v) is 7.21. The molecule has 168 valence electrons. The minimum atomic E-state index is -0.575. The van der Waals surface area contributed by atoms with E-state index in [0.717, 1.165) is 5.69 Å². The van der Waals surface area contributed by atoms with Gasteiger partial charge in [0, 0.05) is 24.3 Å². The first-order valence-electron chi connectivity index (χ1n) is 9.91. The van der Waals surface area contributed by atoms with Gasteiger partial charge >= 0.3 is 6.09 Å². The summed E-state index contributed by atoms with van der Waals surface area (Å²) < 4.78 is 27.5. The number of amides is 1. The minimum absolute atomic E-state index is 0.0303. The average molecular weight is 441 g/mol. The van der Waals surface area contributed by atoms with E-state index in [-0.39, 0.29) is 28.7 Å². The zero-order valence-corrected chi connectivity index (χ0v) is 17.9. The summed E-state index contributed by atoms with van der Waals surface area (Å²) in [5.74, 6) is 0.371. The van der Waals surface area contributed by atoms with Crippen LogP contribution < -0.4 is 24.7 Å². The molecule has 1 atom stereocenters. The SMILES string of the molecule is COc1cc([C@@H]2C(C#N)=C(N)Oc3n[nH]c(C)c32)cc(OC)c1OC(=O)N1CCOCC1. The fraction of sp³-hybridized carbons (Fsp3) is 0.381. The number of hydrogen-bond acceptors (Lipinski definition) is 9. The number of nitrogens with two attached hydrogens (primary N) is 1. The van der Waals surface area contributed by atoms with Crippen LogP contribution in [-0.4, -0.2) is 61.7 Å². The maximum absolute atomic E-state index is 12.6. The molecule has 4 rings (SSSR count). The smallest absolute Gasteiger partial charge is 0.415 e. The van der Waals surface area contributed by atoms with Crippen LogP contribution in [0.1, 0.15) is 22.7 Å². The topological polar surface area (TPSA) is 145 Å². The number of ether oxygens (including phenoxy) is 5. The molecule has 0 spiro atoms. The number of fused-ring (bicyclic) bond motifs is 1. The number of carbonyl (C=O) groups excluding carboxylic acids is 1. The van der Waals surface area contributed by atoms with E-state index >= 15 is 0 Å². The molecule has 3 heterocycles. The van der Waals surface area contributed by atoms with Crippen LogP contribution in [0.3, 0.4) is 0 Å². The maximum Gasteiger partial charge on any atom is 0.415 e. The van der Waals surface area contributed by atoms with Crippen molar-refractivity contribution in [2.75, 3.05) is 40.5 Å².